The van der Waals surface area contributed by atoms with Gasteiger partial charge in [0.05, 0.1) is 13.2 Å². The molecule has 0 aliphatic rings. The van der Waals surface area contributed by atoms with Crippen LogP contribution in [0.25, 0.3) is 0 Å². The summed E-state index contributed by atoms with van der Waals surface area (Å²) in [6, 6.07) is 12.1. The Labute approximate surface area is 146 Å². The largest absolute Gasteiger partial charge is 0.490 e. The molecule has 0 saturated carbocycles. The summed E-state index contributed by atoms with van der Waals surface area (Å²) in [5.41, 5.74) is 0.617. The van der Waals surface area contributed by atoms with Gasteiger partial charge in [-0.05, 0) is 50.2 Å². The van der Waals surface area contributed by atoms with E-state index < -0.39 is 0 Å². The number of halogens is 1. The maximum atomic E-state index is 12.0. The van der Waals surface area contributed by atoms with Crippen LogP contribution in [0.15, 0.2) is 42.5 Å². The maximum absolute atomic E-state index is 12.0. The number of anilines is 1. The molecule has 0 heterocycles. The van der Waals surface area contributed by atoms with Gasteiger partial charge in [0.25, 0.3) is 5.91 Å². The summed E-state index contributed by atoms with van der Waals surface area (Å²) in [6.45, 7) is 4.75. The van der Waals surface area contributed by atoms with Crippen LogP contribution in [0, 0.1) is 0 Å². The number of carbonyl (C=O) groups excluding carboxylic acids is 1. The average molecular weight is 350 g/mol. The molecule has 0 unspecified atom stereocenters. The lowest BCUT2D eigenvalue weighted by atomic mass is 10.2. The fraction of sp³-hybridized carbons (Fsp3) is 0.278. The summed E-state index contributed by atoms with van der Waals surface area (Å²) in [6.07, 6.45) is 0. The molecule has 2 aromatic rings. The Morgan fingerprint density at radius 1 is 0.958 bits per heavy atom. The van der Waals surface area contributed by atoms with E-state index in [-0.39, 0.29) is 12.5 Å². The number of rotatable bonds is 8. The van der Waals surface area contributed by atoms with E-state index in [9.17, 15) is 4.79 Å². The minimum Gasteiger partial charge on any atom is -0.490 e. The van der Waals surface area contributed by atoms with Crippen LogP contribution in [0.4, 0.5) is 5.69 Å². The second-order valence-corrected chi connectivity index (χ2v) is 5.25. The van der Waals surface area contributed by atoms with Gasteiger partial charge in [0, 0.05) is 16.8 Å². The number of amides is 1. The Morgan fingerprint density at radius 2 is 1.62 bits per heavy atom. The standard InChI is InChI=1S/C18H20ClNO4/c1-3-22-16-10-7-14(11-17(16)23-4-2)20-18(21)12-24-15-8-5-13(19)6-9-15/h5-11H,3-4,12H2,1-2H3,(H,20,21). The third-order valence-corrected chi connectivity index (χ3v) is 3.26. The SMILES string of the molecule is CCOc1ccc(NC(=O)COc2ccc(Cl)cc2)cc1OCC. The predicted octanol–water partition coefficient (Wildman–Crippen LogP) is 4.15. The molecular formula is C18H20ClNO4. The number of nitrogens with one attached hydrogen (secondary N) is 1. The first-order valence-electron chi connectivity index (χ1n) is 7.70. The summed E-state index contributed by atoms with van der Waals surface area (Å²) in [4.78, 5) is 12.0. The lowest BCUT2D eigenvalue weighted by Crippen LogP contribution is -2.20. The predicted molar refractivity (Wildman–Crippen MR) is 94.4 cm³/mol. The van der Waals surface area contributed by atoms with E-state index in [0.29, 0.717) is 41.2 Å². The molecule has 1 N–H and O–H groups in total. The minimum atomic E-state index is -0.267. The van der Waals surface area contributed by atoms with Gasteiger partial charge in [0.1, 0.15) is 5.75 Å². The fourth-order valence-corrected chi connectivity index (χ4v) is 2.13. The molecule has 1 amide bonds. The van der Waals surface area contributed by atoms with Gasteiger partial charge in [0.15, 0.2) is 18.1 Å². The Morgan fingerprint density at radius 3 is 2.29 bits per heavy atom. The highest BCUT2D eigenvalue weighted by Crippen LogP contribution is 2.30. The number of hydrogen-bond donors (Lipinski definition) is 1. The number of benzene rings is 2. The van der Waals surface area contributed by atoms with Crippen LogP contribution in [-0.2, 0) is 4.79 Å². The molecule has 0 fully saturated rings. The first-order chi connectivity index (χ1) is 11.6. The van der Waals surface area contributed by atoms with Crippen molar-refractivity contribution in [3.05, 3.63) is 47.5 Å². The van der Waals surface area contributed by atoms with Crippen molar-refractivity contribution in [3.63, 3.8) is 0 Å². The molecule has 0 aliphatic carbocycles. The van der Waals surface area contributed by atoms with Gasteiger partial charge in [0.2, 0.25) is 0 Å². The molecule has 6 heteroatoms. The summed E-state index contributed by atoms with van der Waals surface area (Å²) >= 11 is 5.80. The van der Waals surface area contributed by atoms with E-state index in [1.807, 2.05) is 13.8 Å². The Kier molecular flexibility index (Phi) is 6.75. The smallest absolute Gasteiger partial charge is 0.262 e. The molecule has 2 aromatic carbocycles. The first-order valence-corrected chi connectivity index (χ1v) is 8.08. The van der Waals surface area contributed by atoms with Crippen LogP contribution >= 0.6 is 11.6 Å². The lowest BCUT2D eigenvalue weighted by molar-refractivity contribution is -0.118. The average Bonchev–Trinajstić information content (AvgIpc) is 2.57. The van der Waals surface area contributed by atoms with E-state index in [4.69, 9.17) is 25.8 Å². The third-order valence-electron chi connectivity index (χ3n) is 3.01. The monoisotopic (exact) mass is 349 g/mol. The molecule has 0 aliphatic heterocycles. The topological polar surface area (TPSA) is 56.8 Å². The zero-order chi connectivity index (χ0) is 17.4. The van der Waals surface area contributed by atoms with E-state index >= 15 is 0 Å². The maximum Gasteiger partial charge on any atom is 0.262 e. The van der Waals surface area contributed by atoms with Gasteiger partial charge in [-0.25, -0.2) is 0 Å². The van der Waals surface area contributed by atoms with Gasteiger partial charge >= 0.3 is 0 Å². The van der Waals surface area contributed by atoms with Crippen molar-refractivity contribution in [1.29, 1.82) is 0 Å². The first kappa shape index (κ1) is 17.9. The zero-order valence-electron chi connectivity index (χ0n) is 13.7. The zero-order valence-corrected chi connectivity index (χ0v) is 14.4. The van der Waals surface area contributed by atoms with E-state index in [1.54, 1.807) is 42.5 Å². The van der Waals surface area contributed by atoms with Crippen molar-refractivity contribution in [2.24, 2.45) is 0 Å². The summed E-state index contributed by atoms with van der Waals surface area (Å²) in [7, 11) is 0. The molecule has 0 radical (unpaired) electrons. The van der Waals surface area contributed by atoms with Crippen molar-refractivity contribution in [3.8, 4) is 17.2 Å². The Hall–Kier alpha value is -2.40. The van der Waals surface area contributed by atoms with Crippen LogP contribution in [0.2, 0.25) is 5.02 Å². The third kappa shape index (κ3) is 5.35. The second-order valence-electron chi connectivity index (χ2n) is 4.82. The van der Waals surface area contributed by atoms with Crippen molar-refractivity contribution in [2.45, 2.75) is 13.8 Å². The van der Waals surface area contributed by atoms with Crippen molar-refractivity contribution in [1.82, 2.24) is 0 Å². The number of carbonyl (C=O) groups is 1. The van der Waals surface area contributed by atoms with Gasteiger partial charge in [-0.1, -0.05) is 11.6 Å². The van der Waals surface area contributed by atoms with E-state index in [2.05, 4.69) is 5.32 Å². The molecule has 0 saturated heterocycles. The second kappa shape index (κ2) is 9.03. The van der Waals surface area contributed by atoms with Crippen LogP contribution in [0.5, 0.6) is 17.2 Å². The molecule has 0 atom stereocenters. The van der Waals surface area contributed by atoms with E-state index in [0.717, 1.165) is 0 Å². The highest BCUT2D eigenvalue weighted by molar-refractivity contribution is 6.30. The summed E-state index contributed by atoms with van der Waals surface area (Å²) in [5, 5.41) is 3.38. The van der Waals surface area contributed by atoms with Crippen LogP contribution < -0.4 is 19.5 Å². The van der Waals surface area contributed by atoms with Gasteiger partial charge in [-0.15, -0.1) is 0 Å². The highest BCUT2D eigenvalue weighted by atomic mass is 35.5. The molecule has 128 valence electrons. The molecule has 24 heavy (non-hydrogen) atoms. The van der Waals surface area contributed by atoms with Gasteiger partial charge in [-0.2, -0.15) is 0 Å². The number of ether oxygens (including phenoxy) is 3. The lowest BCUT2D eigenvalue weighted by Gasteiger charge is -2.13. The quantitative estimate of drug-likeness (QED) is 0.777. The summed E-state index contributed by atoms with van der Waals surface area (Å²) < 4.78 is 16.4. The molecule has 5 nitrogen and oxygen atoms in total. The Balaban J connectivity index is 1.95. The van der Waals surface area contributed by atoms with Gasteiger partial charge < -0.3 is 19.5 Å². The summed E-state index contributed by atoms with van der Waals surface area (Å²) in [5.74, 6) is 1.55. The van der Waals surface area contributed by atoms with Crippen molar-refractivity contribution >= 4 is 23.2 Å². The van der Waals surface area contributed by atoms with Crippen LogP contribution in [0.3, 0.4) is 0 Å². The molecule has 0 aromatic heterocycles. The van der Waals surface area contributed by atoms with E-state index in [1.165, 1.54) is 0 Å². The fourth-order valence-electron chi connectivity index (χ4n) is 2.01. The van der Waals surface area contributed by atoms with Crippen LogP contribution in [0.1, 0.15) is 13.8 Å². The molecule has 0 spiro atoms. The molecular weight excluding hydrogens is 330 g/mol. The van der Waals surface area contributed by atoms with Crippen molar-refractivity contribution < 1.29 is 19.0 Å². The molecule has 0 bridgehead atoms. The normalized spacial score (nSPS) is 10.1. The molecule has 2 rings (SSSR count). The van der Waals surface area contributed by atoms with Gasteiger partial charge in [-0.3, -0.25) is 4.79 Å². The number of hydrogen-bond acceptors (Lipinski definition) is 4. The minimum absolute atomic E-state index is 0.0984. The highest BCUT2D eigenvalue weighted by Gasteiger charge is 2.09. The Bertz CT molecular complexity index is 673. The van der Waals surface area contributed by atoms with Crippen molar-refractivity contribution in [2.75, 3.05) is 25.1 Å². The van der Waals surface area contributed by atoms with Crippen LogP contribution in [-0.4, -0.2) is 25.7 Å².